The molecule has 25 heavy (non-hydrogen) atoms. The molecular weight excluding hydrogens is 318 g/mol. The molecule has 2 rings (SSSR count). The fourth-order valence-electron chi connectivity index (χ4n) is 2.28. The maximum atomic E-state index is 11.9. The van der Waals surface area contributed by atoms with Crippen LogP contribution in [0.25, 0.3) is 0 Å². The van der Waals surface area contributed by atoms with Crippen LogP contribution in [-0.2, 0) is 16.6 Å². The van der Waals surface area contributed by atoms with Gasteiger partial charge >= 0.3 is 0 Å². The Labute approximate surface area is 146 Å². The summed E-state index contributed by atoms with van der Waals surface area (Å²) in [7, 11) is 0. The summed E-state index contributed by atoms with van der Waals surface area (Å²) in [6.45, 7) is 6.39. The molecule has 0 aliphatic rings. The number of hydrazone groups is 1. The second-order valence-electron chi connectivity index (χ2n) is 6.73. The van der Waals surface area contributed by atoms with E-state index in [1.807, 2.05) is 24.3 Å². The number of hydrogen-bond acceptors (Lipinski definition) is 4. The fourth-order valence-corrected chi connectivity index (χ4v) is 2.28. The van der Waals surface area contributed by atoms with E-state index in [1.165, 1.54) is 17.8 Å². The average Bonchev–Trinajstić information content (AvgIpc) is 2.55. The largest absolute Gasteiger partial charge is 0.278 e. The Kier molecular flexibility index (Phi) is 5.64. The van der Waals surface area contributed by atoms with Gasteiger partial charge in [0.1, 0.15) is 0 Å². The molecule has 0 saturated heterocycles. The number of para-hydroxylation sites is 1. The lowest BCUT2D eigenvalue weighted by Crippen LogP contribution is -2.20. The van der Waals surface area contributed by atoms with Crippen molar-refractivity contribution in [1.29, 1.82) is 0 Å². The second-order valence-corrected chi connectivity index (χ2v) is 6.73. The molecule has 0 aromatic heterocycles. The number of rotatable bonds is 5. The molecule has 0 heterocycles. The van der Waals surface area contributed by atoms with Gasteiger partial charge in [-0.15, -0.1) is 0 Å². The standard InChI is InChI=1S/C19H21N3O3/c1-19(2,3)16-10-8-14(9-11-16)12-18(23)21-20-13-15-6-4-5-7-17(15)22(24)25/h4-11,13H,12H2,1-3H3,(H,21,23). The van der Waals surface area contributed by atoms with E-state index in [2.05, 4.69) is 31.3 Å². The van der Waals surface area contributed by atoms with Gasteiger partial charge in [-0.2, -0.15) is 5.10 Å². The summed E-state index contributed by atoms with van der Waals surface area (Å²) in [6.07, 6.45) is 1.47. The van der Waals surface area contributed by atoms with E-state index in [4.69, 9.17) is 0 Å². The molecule has 2 aromatic rings. The molecule has 0 saturated carbocycles. The number of carbonyl (C=O) groups is 1. The van der Waals surface area contributed by atoms with E-state index in [0.29, 0.717) is 5.56 Å². The molecular formula is C19H21N3O3. The minimum Gasteiger partial charge on any atom is -0.273 e. The lowest BCUT2D eigenvalue weighted by atomic mass is 9.86. The second kappa shape index (κ2) is 7.70. The van der Waals surface area contributed by atoms with Gasteiger partial charge in [-0.05, 0) is 22.6 Å². The molecule has 1 N–H and O–H groups in total. The van der Waals surface area contributed by atoms with Crippen LogP contribution in [0.1, 0.15) is 37.5 Å². The minimum absolute atomic E-state index is 0.0572. The summed E-state index contributed by atoms with van der Waals surface area (Å²) in [6, 6.07) is 14.1. The van der Waals surface area contributed by atoms with Crippen LogP contribution in [0.3, 0.4) is 0 Å². The van der Waals surface area contributed by atoms with Crippen molar-refractivity contribution >= 4 is 17.8 Å². The maximum Gasteiger partial charge on any atom is 0.278 e. The Bertz CT molecular complexity index is 790. The molecule has 0 aliphatic carbocycles. The number of carbonyl (C=O) groups excluding carboxylic acids is 1. The zero-order valence-electron chi connectivity index (χ0n) is 14.5. The molecule has 6 nitrogen and oxygen atoms in total. The Morgan fingerprint density at radius 2 is 1.80 bits per heavy atom. The molecule has 0 unspecified atom stereocenters. The molecule has 0 radical (unpaired) electrons. The van der Waals surface area contributed by atoms with Crippen LogP contribution in [0.15, 0.2) is 53.6 Å². The van der Waals surface area contributed by atoms with Crippen molar-refractivity contribution in [3.05, 3.63) is 75.3 Å². The van der Waals surface area contributed by atoms with Crippen molar-refractivity contribution in [2.24, 2.45) is 5.10 Å². The van der Waals surface area contributed by atoms with E-state index in [-0.39, 0.29) is 23.4 Å². The number of amides is 1. The highest BCUT2D eigenvalue weighted by molar-refractivity contribution is 5.86. The summed E-state index contributed by atoms with van der Waals surface area (Å²) >= 11 is 0. The first kappa shape index (κ1) is 18.3. The van der Waals surface area contributed by atoms with Gasteiger partial charge in [-0.25, -0.2) is 5.43 Å². The van der Waals surface area contributed by atoms with Crippen molar-refractivity contribution in [2.45, 2.75) is 32.6 Å². The van der Waals surface area contributed by atoms with Crippen molar-refractivity contribution in [3.8, 4) is 0 Å². The van der Waals surface area contributed by atoms with Gasteiger partial charge in [0.15, 0.2) is 0 Å². The predicted molar refractivity (Wildman–Crippen MR) is 97.7 cm³/mol. The van der Waals surface area contributed by atoms with E-state index < -0.39 is 4.92 Å². The maximum absolute atomic E-state index is 11.9. The van der Waals surface area contributed by atoms with Crippen molar-refractivity contribution < 1.29 is 9.72 Å². The lowest BCUT2D eigenvalue weighted by molar-refractivity contribution is -0.385. The third-order valence-corrected chi connectivity index (χ3v) is 3.71. The molecule has 0 fully saturated rings. The van der Waals surface area contributed by atoms with E-state index >= 15 is 0 Å². The van der Waals surface area contributed by atoms with E-state index in [0.717, 1.165) is 5.56 Å². The van der Waals surface area contributed by atoms with Gasteiger partial charge in [0.25, 0.3) is 5.69 Å². The summed E-state index contributed by atoms with van der Waals surface area (Å²) in [4.78, 5) is 22.4. The van der Waals surface area contributed by atoms with Crippen LogP contribution in [0, 0.1) is 10.1 Å². The third kappa shape index (κ3) is 5.24. The van der Waals surface area contributed by atoms with Gasteiger partial charge in [-0.1, -0.05) is 57.2 Å². The van der Waals surface area contributed by atoms with Crippen LogP contribution < -0.4 is 5.43 Å². The van der Waals surface area contributed by atoms with Crippen LogP contribution >= 0.6 is 0 Å². The number of nitrogens with zero attached hydrogens (tertiary/aromatic N) is 2. The van der Waals surface area contributed by atoms with Gasteiger partial charge in [0.2, 0.25) is 5.91 Å². The van der Waals surface area contributed by atoms with Crippen LogP contribution in [-0.4, -0.2) is 17.0 Å². The smallest absolute Gasteiger partial charge is 0.273 e. The number of nitrogens with one attached hydrogen (secondary N) is 1. The summed E-state index contributed by atoms with van der Waals surface area (Å²) in [5.74, 6) is -0.279. The van der Waals surface area contributed by atoms with Gasteiger partial charge < -0.3 is 0 Å². The fraction of sp³-hybridized carbons (Fsp3) is 0.263. The highest BCUT2D eigenvalue weighted by Gasteiger charge is 2.13. The normalized spacial score (nSPS) is 11.5. The SMILES string of the molecule is CC(C)(C)c1ccc(CC(=O)NN=Cc2ccccc2[N+](=O)[O-])cc1. The number of benzene rings is 2. The molecule has 6 heteroatoms. The average molecular weight is 339 g/mol. The number of nitro groups is 1. The Morgan fingerprint density at radius 1 is 1.16 bits per heavy atom. The highest BCUT2D eigenvalue weighted by atomic mass is 16.6. The topological polar surface area (TPSA) is 84.6 Å². The molecule has 0 bridgehead atoms. The summed E-state index contributed by atoms with van der Waals surface area (Å²) in [5, 5.41) is 14.7. The van der Waals surface area contributed by atoms with Crippen molar-refractivity contribution in [2.75, 3.05) is 0 Å². The third-order valence-electron chi connectivity index (χ3n) is 3.71. The first-order chi connectivity index (χ1) is 11.8. The summed E-state index contributed by atoms with van der Waals surface area (Å²) in [5.41, 5.74) is 4.82. The number of hydrogen-bond donors (Lipinski definition) is 1. The monoisotopic (exact) mass is 339 g/mol. The van der Waals surface area contributed by atoms with Crippen molar-refractivity contribution in [1.82, 2.24) is 5.43 Å². The summed E-state index contributed by atoms with van der Waals surface area (Å²) < 4.78 is 0. The molecule has 2 aromatic carbocycles. The minimum atomic E-state index is -0.486. The highest BCUT2D eigenvalue weighted by Crippen LogP contribution is 2.22. The molecule has 1 amide bonds. The molecule has 0 aliphatic heterocycles. The quantitative estimate of drug-likeness (QED) is 0.513. The van der Waals surface area contributed by atoms with Crippen molar-refractivity contribution in [3.63, 3.8) is 0 Å². The van der Waals surface area contributed by atoms with Crippen LogP contribution in [0.2, 0.25) is 0 Å². The Hall–Kier alpha value is -3.02. The van der Waals surface area contributed by atoms with Gasteiger partial charge in [0, 0.05) is 6.07 Å². The Balaban J connectivity index is 1.96. The van der Waals surface area contributed by atoms with Crippen LogP contribution in [0.5, 0.6) is 0 Å². The first-order valence-corrected chi connectivity index (χ1v) is 7.92. The lowest BCUT2D eigenvalue weighted by Gasteiger charge is -2.19. The van der Waals surface area contributed by atoms with E-state index in [1.54, 1.807) is 18.2 Å². The van der Waals surface area contributed by atoms with E-state index in [9.17, 15) is 14.9 Å². The Morgan fingerprint density at radius 3 is 2.40 bits per heavy atom. The first-order valence-electron chi connectivity index (χ1n) is 7.92. The van der Waals surface area contributed by atoms with Gasteiger partial charge in [-0.3, -0.25) is 14.9 Å². The van der Waals surface area contributed by atoms with Gasteiger partial charge in [0.05, 0.1) is 23.1 Å². The predicted octanol–water partition coefficient (Wildman–Crippen LogP) is 3.59. The molecule has 0 atom stereocenters. The number of nitro benzene ring substituents is 1. The zero-order valence-corrected chi connectivity index (χ0v) is 14.5. The zero-order chi connectivity index (χ0) is 18.4. The van der Waals surface area contributed by atoms with Crippen LogP contribution in [0.4, 0.5) is 5.69 Å². The molecule has 0 spiro atoms. The molecule has 130 valence electrons.